The first-order valence-corrected chi connectivity index (χ1v) is 9.32. The molecule has 0 saturated heterocycles. The summed E-state index contributed by atoms with van der Waals surface area (Å²) in [4.78, 5) is 23.8. The van der Waals surface area contributed by atoms with E-state index in [0.717, 1.165) is 30.5 Å². The highest BCUT2D eigenvalue weighted by Crippen LogP contribution is 2.13. The fraction of sp³-hybridized carbons (Fsp3) is 0.450. The lowest BCUT2D eigenvalue weighted by atomic mass is 10.1. The summed E-state index contributed by atoms with van der Waals surface area (Å²) >= 11 is 0. The first-order valence-electron chi connectivity index (χ1n) is 9.32. The summed E-state index contributed by atoms with van der Waals surface area (Å²) in [6.45, 7) is 4.80. The van der Waals surface area contributed by atoms with Crippen LogP contribution >= 0.6 is 0 Å². The third-order valence-corrected chi connectivity index (χ3v) is 4.14. The molecule has 0 aliphatic heterocycles. The zero-order valence-electron chi connectivity index (χ0n) is 16.3. The molecule has 0 aliphatic rings. The normalized spacial score (nSPS) is 10.7. The molecule has 0 aliphatic carbocycles. The highest BCUT2D eigenvalue weighted by atomic mass is 16.2. The van der Waals surface area contributed by atoms with Crippen LogP contribution in [0.3, 0.4) is 0 Å². The average molecular weight is 371 g/mol. The predicted molar refractivity (Wildman–Crippen MR) is 107 cm³/mol. The highest BCUT2D eigenvalue weighted by Gasteiger charge is 2.10. The van der Waals surface area contributed by atoms with Crippen LogP contribution in [0.2, 0.25) is 0 Å². The number of carbonyl (C=O) groups is 2. The van der Waals surface area contributed by atoms with E-state index in [-0.39, 0.29) is 12.5 Å². The topological polar surface area (TPSA) is 88.0 Å². The second-order valence-corrected chi connectivity index (χ2v) is 6.97. The summed E-state index contributed by atoms with van der Waals surface area (Å²) in [5.74, 6) is 0.992. The van der Waals surface area contributed by atoms with E-state index in [1.807, 2.05) is 36.4 Å². The number of nitrogens with zero attached hydrogens (tertiary/aromatic N) is 2. The number of benzene rings is 1. The minimum absolute atomic E-state index is 0.0708. The molecule has 27 heavy (non-hydrogen) atoms. The van der Waals surface area contributed by atoms with Crippen LogP contribution in [0.25, 0.3) is 0 Å². The van der Waals surface area contributed by atoms with Crippen molar-refractivity contribution in [2.45, 2.75) is 33.1 Å². The number of rotatable bonds is 9. The van der Waals surface area contributed by atoms with Gasteiger partial charge in [-0.3, -0.25) is 14.8 Å². The molecular weight excluding hydrogens is 342 g/mol. The van der Waals surface area contributed by atoms with Gasteiger partial charge in [-0.2, -0.15) is 5.10 Å². The molecule has 146 valence electrons. The van der Waals surface area contributed by atoms with Crippen molar-refractivity contribution in [1.82, 2.24) is 20.4 Å². The van der Waals surface area contributed by atoms with Crippen molar-refractivity contribution in [3.63, 3.8) is 0 Å². The van der Waals surface area contributed by atoms with Gasteiger partial charge in [-0.05, 0) is 30.7 Å². The van der Waals surface area contributed by atoms with Crippen molar-refractivity contribution in [3.05, 3.63) is 47.7 Å². The third kappa shape index (κ3) is 7.52. The number of urea groups is 1. The maximum Gasteiger partial charge on any atom is 0.320 e. The summed E-state index contributed by atoms with van der Waals surface area (Å²) in [6, 6.07) is 11.4. The first kappa shape index (κ1) is 20.5. The Kier molecular flexibility index (Phi) is 7.85. The Morgan fingerprint density at radius 2 is 1.85 bits per heavy atom. The molecule has 3 N–H and O–H groups in total. The second kappa shape index (κ2) is 10.4. The number of aromatic nitrogens is 2. The molecule has 2 rings (SSSR count). The van der Waals surface area contributed by atoms with Gasteiger partial charge in [-0.25, -0.2) is 4.79 Å². The van der Waals surface area contributed by atoms with Crippen LogP contribution in [-0.4, -0.2) is 34.8 Å². The molecule has 0 fully saturated rings. The van der Waals surface area contributed by atoms with E-state index in [0.29, 0.717) is 18.3 Å². The summed E-state index contributed by atoms with van der Waals surface area (Å²) in [5.41, 5.74) is 2.10. The van der Waals surface area contributed by atoms with Gasteiger partial charge in [0.25, 0.3) is 0 Å². The maximum absolute atomic E-state index is 12.0. The molecule has 7 nitrogen and oxygen atoms in total. The summed E-state index contributed by atoms with van der Waals surface area (Å²) in [7, 11) is 1.78. The van der Waals surface area contributed by atoms with E-state index in [4.69, 9.17) is 0 Å². The maximum atomic E-state index is 12.0. The Morgan fingerprint density at radius 3 is 2.56 bits per heavy atom. The summed E-state index contributed by atoms with van der Waals surface area (Å²) in [6.07, 6.45) is 2.68. The lowest BCUT2D eigenvalue weighted by molar-refractivity contribution is -0.120. The predicted octanol–water partition coefficient (Wildman–Crippen LogP) is 2.49. The average Bonchev–Trinajstić information content (AvgIpc) is 2.99. The number of amides is 3. The Balaban J connectivity index is 1.68. The third-order valence-electron chi connectivity index (χ3n) is 4.14. The van der Waals surface area contributed by atoms with E-state index in [1.165, 1.54) is 0 Å². The zero-order valence-corrected chi connectivity index (χ0v) is 16.3. The van der Waals surface area contributed by atoms with Crippen molar-refractivity contribution in [1.29, 1.82) is 0 Å². The molecule has 0 atom stereocenters. The van der Waals surface area contributed by atoms with E-state index in [1.54, 1.807) is 11.7 Å². The molecule has 2 aromatic rings. The molecular formula is C20H29N5O2. The Bertz CT molecular complexity index is 740. The van der Waals surface area contributed by atoms with Crippen LogP contribution in [0.1, 0.15) is 31.5 Å². The van der Waals surface area contributed by atoms with Crippen molar-refractivity contribution in [3.8, 4) is 0 Å². The van der Waals surface area contributed by atoms with Crippen LogP contribution in [0.15, 0.2) is 36.4 Å². The van der Waals surface area contributed by atoms with E-state index in [9.17, 15) is 9.59 Å². The van der Waals surface area contributed by atoms with Gasteiger partial charge in [-0.15, -0.1) is 0 Å². The Hall–Kier alpha value is -2.83. The van der Waals surface area contributed by atoms with Crippen molar-refractivity contribution in [2.24, 2.45) is 13.0 Å². The lowest BCUT2D eigenvalue weighted by Crippen LogP contribution is -2.39. The van der Waals surface area contributed by atoms with E-state index < -0.39 is 6.03 Å². The van der Waals surface area contributed by atoms with Gasteiger partial charge in [0, 0.05) is 19.7 Å². The zero-order chi connectivity index (χ0) is 19.6. The van der Waals surface area contributed by atoms with Gasteiger partial charge >= 0.3 is 6.03 Å². The molecule has 7 heteroatoms. The van der Waals surface area contributed by atoms with Gasteiger partial charge in [0.2, 0.25) is 5.91 Å². The molecule has 0 spiro atoms. The molecule has 0 unspecified atom stereocenters. The van der Waals surface area contributed by atoms with Crippen LogP contribution in [-0.2, 0) is 24.7 Å². The highest BCUT2D eigenvalue weighted by molar-refractivity contribution is 5.91. The van der Waals surface area contributed by atoms with Crippen LogP contribution in [0.4, 0.5) is 10.6 Å². The van der Waals surface area contributed by atoms with Crippen LogP contribution in [0, 0.1) is 5.92 Å². The van der Waals surface area contributed by atoms with Gasteiger partial charge in [0.05, 0.1) is 12.2 Å². The van der Waals surface area contributed by atoms with Gasteiger partial charge in [0.1, 0.15) is 5.82 Å². The first-order chi connectivity index (χ1) is 12.9. The molecule has 0 radical (unpaired) electrons. The molecule has 0 saturated carbocycles. The molecule has 1 aromatic heterocycles. The number of nitrogens with one attached hydrogen (secondary N) is 3. The number of aryl methyl sites for hydroxylation is 2. The molecule has 1 heterocycles. The van der Waals surface area contributed by atoms with Gasteiger partial charge < -0.3 is 10.6 Å². The molecule has 0 bridgehead atoms. The minimum Gasteiger partial charge on any atom is -0.354 e. The molecule has 1 aromatic carbocycles. The lowest BCUT2D eigenvalue weighted by Gasteiger charge is -2.08. The van der Waals surface area contributed by atoms with Gasteiger partial charge in [0.15, 0.2) is 0 Å². The van der Waals surface area contributed by atoms with Crippen molar-refractivity contribution >= 4 is 17.8 Å². The van der Waals surface area contributed by atoms with Gasteiger partial charge in [-0.1, -0.05) is 44.2 Å². The standard InChI is InChI=1S/C20H29N5O2/c1-15(2)9-10-17-13-18(25(3)24-17)23-20(27)22-14-19(26)21-12-11-16-7-5-4-6-8-16/h4-8,13,15H,9-12,14H2,1-3H3,(H,21,26)(H2,22,23,27). The van der Waals surface area contributed by atoms with Crippen molar-refractivity contribution in [2.75, 3.05) is 18.4 Å². The number of hydrogen-bond donors (Lipinski definition) is 3. The monoisotopic (exact) mass is 371 g/mol. The second-order valence-electron chi connectivity index (χ2n) is 6.97. The van der Waals surface area contributed by atoms with Crippen molar-refractivity contribution < 1.29 is 9.59 Å². The summed E-state index contributed by atoms with van der Waals surface area (Å²) < 4.78 is 1.63. The van der Waals surface area contributed by atoms with Crippen LogP contribution in [0.5, 0.6) is 0 Å². The Morgan fingerprint density at radius 1 is 1.11 bits per heavy atom. The smallest absolute Gasteiger partial charge is 0.320 e. The number of hydrogen-bond acceptors (Lipinski definition) is 3. The van der Waals surface area contributed by atoms with E-state index >= 15 is 0 Å². The quantitative estimate of drug-likeness (QED) is 0.633. The molecule has 3 amide bonds. The summed E-state index contributed by atoms with van der Waals surface area (Å²) in [5, 5.41) is 12.5. The SMILES string of the molecule is CC(C)CCc1cc(NC(=O)NCC(=O)NCCc2ccccc2)n(C)n1. The van der Waals surface area contributed by atoms with E-state index in [2.05, 4.69) is 34.9 Å². The van der Waals surface area contributed by atoms with Crippen LogP contribution < -0.4 is 16.0 Å². The largest absolute Gasteiger partial charge is 0.354 e. The fourth-order valence-corrected chi connectivity index (χ4v) is 2.58. The number of anilines is 1. The minimum atomic E-state index is -0.424. The Labute approximate surface area is 160 Å². The fourth-order valence-electron chi connectivity index (χ4n) is 2.58. The number of carbonyl (C=O) groups excluding carboxylic acids is 2.